The highest BCUT2D eigenvalue weighted by Gasteiger charge is 2.23. The normalized spacial score (nSPS) is 15.8. The van der Waals surface area contributed by atoms with Crippen LogP contribution in [0.15, 0.2) is 0 Å². The van der Waals surface area contributed by atoms with E-state index in [0.717, 1.165) is 4.31 Å². The quantitative estimate of drug-likeness (QED) is 0.536. The molecule has 0 aliphatic carbocycles. The standard InChI is InChI=1S/C9H20N2O5S/c1-7(6-12)8(2)10-17(15,16)11(3)5-4-9(13)14/h7-8,10,12H,4-6H2,1-3H3,(H,13,14). The van der Waals surface area contributed by atoms with Gasteiger partial charge in [0.1, 0.15) is 0 Å². The van der Waals surface area contributed by atoms with Crippen LogP contribution in [-0.4, -0.2) is 55.1 Å². The van der Waals surface area contributed by atoms with Crippen molar-refractivity contribution in [1.82, 2.24) is 9.03 Å². The molecule has 0 aromatic heterocycles. The smallest absolute Gasteiger partial charge is 0.304 e. The van der Waals surface area contributed by atoms with Gasteiger partial charge in [-0.05, 0) is 12.8 Å². The number of nitrogens with one attached hydrogen (secondary N) is 1. The van der Waals surface area contributed by atoms with Crippen LogP contribution in [0, 0.1) is 5.92 Å². The minimum absolute atomic E-state index is 0.0924. The number of aliphatic carboxylic acids is 1. The molecule has 0 amide bonds. The zero-order valence-corrected chi connectivity index (χ0v) is 11.1. The van der Waals surface area contributed by atoms with Crippen LogP contribution in [0.25, 0.3) is 0 Å². The second kappa shape index (κ2) is 6.90. The molecule has 8 heteroatoms. The maximum atomic E-state index is 11.7. The summed E-state index contributed by atoms with van der Waals surface area (Å²) in [6.07, 6.45) is -0.249. The number of carbonyl (C=O) groups is 1. The molecule has 102 valence electrons. The first-order chi connectivity index (χ1) is 7.70. The van der Waals surface area contributed by atoms with E-state index in [0.29, 0.717) is 0 Å². The molecular weight excluding hydrogens is 248 g/mol. The van der Waals surface area contributed by atoms with E-state index in [1.165, 1.54) is 7.05 Å². The molecule has 2 atom stereocenters. The number of aliphatic hydroxyl groups is 1. The topological polar surface area (TPSA) is 107 Å². The third-order valence-electron chi connectivity index (χ3n) is 2.53. The van der Waals surface area contributed by atoms with Gasteiger partial charge < -0.3 is 10.2 Å². The molecule has 0 aliphatic rings. The maximum absolute atomic E-state index is 11.7. The van der Waals surface area contributed by atoms with Gasteiger partial charge in [-0.15, -0.1) is 0 Å². The molecule has 0 fully saturated rings. The fraction of sp³-hybridized carbons (Fsp3) is 0.889. The zero-order valence-electron chi connectivity index (χ0n) is 10.3. The summed E-state index contributed by atoms with van der Waals surface area (Å²) in [6.45, 7) is 3.14. The molecule has 0 saturated carbocycles. The number of aliphatic hydroxyl groups excluding tert-OH is 1. The number of hydrogen-bond acceptors (Lipinski definition) is 4. The fourth-order valence-electron chi connectivity index (χ4n) is 0.972. The minimum Gasteiger partial charge on any atom is -0.481 e. The Hall–Kier alpha value is -0.700. The van der Waals surface area contributed by atoms with E-state index < -0.39 is 22.2 Å². The number of hydrogen-bond donors (Lipinski definition) is 3. The maximum Gasteiger partial charge on any atom is 0.304 e. The molecule has 0 rings (SSSR count). The molecule has 0 aromatic rings. The molecule has 0 radical (unpaired) electrons. The van der Waals surface area contributed by atoms with E-state index in [-0.39, 0.29) is 25.5 Å². The molecule has 0 saturated heterocycles. The van der Waals surface area contributed by atoms with Crippen molar-refractivity contribution >= 4 is 16.2 Å². The summed E-state index contributed by atoms with van der Waals surface area (Å²) < 4.78 is 26.7. The Balaban J connectivity index is 4.41. The van der Waals surface area contributed by atoms with E-state index >= 15 is 0 Å². The number of nitrogens with zero attached hydrogens (tertiary/aromatic N) is 1. The van der Waals surface area contributed by atoms with Crippen molar-refractivity contribution < 1.29 is 23.4 Å². The molecule has 0 bridgehead atoms. The average Bonchev–Trinajstić information content (AvgIpc) is 2.23. The highest BCUT2D eigenvalue weighted by molar-refractivity contribution is 7.87. The summed E-state index contributed by atoms with van der Waals surface area (Å²) in [5, 5.41) is 17.4. The van der Waals surface area contributed by atoms with E-state index in [1.54, 1.807) is 13.8 Å². The Morgan fingerprint density at radius 1 is 1.41 bits per heavy atom. The van der Waals surface area contributed by atoms with Crippen molar-refractivity contribution in [2.24, 2.45) is 5.92 Å². The average molecular weight is 268 g/mol. The van der Waals surface area contributed by atoms with E-state index in [2.05, 4.69) is 4.72 Å². The van der Waals surface area contributed by atoms with Crippen LogP contribution in [0.5, 0.6) is 0 Å². The third-order valence-corrected chi connectivity index (χ3v) is 4.20. The lowest BCUT2D eigenvalue weighted by Crippen LogP contribution is -2.46. The molecule has 3 N–H and O–H groups in total. The predicted molar refractivity (Wildman–Crippen MR) is 62.7 cm³/mol. The minimum atomic E-state index is -3.70. The first-order valence-electron chi connectivity index (χ1n) is 5.27. The Bertz CT molecular complexity index is 343. The molecule has 0 spiro atoms. The lowest BCUT2D eigenvalue weighted by Gasteiger charge is -2.23. The molecule has 7 nitrogen and oxygen atoms in total. The first-order valence-corrected chi connectivity index (χ1v) is 6.71. The summed E-state index contributed by atoms with van der Waals surface area (Å²) >= 11 is 0. The summed E-state index contributed by atoms with van der Waals surface area (Å²) in [5.74, 6) is -1.26. The molecule has 2 unspecified atom stereocenters. The summed E-state index contributed by atoms with van der Waals surface area (Å²) in [5.41, 5.74) is 0. The lowest BCUT2D eigenvalue weighted by molar-refractivity contribution is -0.137. The van der Waals surface area contributed by atoms with Crippen molar-refractivity contribution in [1.29, 1.82) is 0 Å². The summed E-state index contributed by atoms with van der Waals surface area (Å²) in [6, 6.07) is -0.419. The molecule has 0 aromatic carbocycles. The van der Waals surface area contributed by atoms with Gasteiger partial charge >= 0.3 is 5.97 Å². The molecule has 0 heterocycles. The highest BCUT2D eigenvalue weighted by atomic mass is 32.2. The number of carboxylic acid groups (broad SMARTS) is 1. The Labute approximate surface area is 102 Å². The van der Waals surface area contributed by atoms with Gasteiger partial charge in [0.25, 0.3) is 10.2 Å². The SMILES string of the molecule is CC(CO)C(C)NS(=O)(=O)N(C)CCC(=O)O. The van der Waals surface area contributed by atoms with Crippen molar-refractivity contribution in [3.05, 3.63) is 0 Å². The van der Waals surface area contributed by atoms with E-state index in [4.69, 9.17) is 10.2 Å². The van der Waals surface area contributed by atoms with Gasteiger partial charge in [0.15, 0.2) is 0 Å². The van der Waals surface area contributed by atoms with Gasteiger partial charge in [-0.1, -0.05) is 6.92 Å². The summed E-state index contributed by atoms with van der Waals surface area (Å²) in [4.78, 5) is 10.3. The Morgan fingerprint density at radius 3 is 2.35 bits per heavy atom. The van der Waals surface area contributed by atoms with Crippen LogP contribution in [0.4, 0.5) is 0 Å². The van der Waals surface area contributed by atoms with Gasteiger partial charge in [-0.25, -0.2) is 0 Å². The highest BCUT2D eigenvalue weighted by Crippen LogP contribution is 2.05. The van der Waals surface area contributed by atoms with Gasteiger partial charge in [-0.2, -0.15) is 17.4 Å². The van der Waals surface area contributed by atoms with Gasteiger partial charge in [0, 0.05) is 26.2 Å². The first kappa shape index (κ1) is 16.3. The van der Waals surface area contributed by atoms with Crippen molar-refractivity contribution in [3.63, 3.8) is 0 Å². The van der Waals surface area contributed by atoms with Gasteiger partial charge in [-0.3, -0.25) is 4.79 Å². The van der Waals surface area contributed by atoms with Crippen LogP contribution in [0.3, 0.4) is 0 Å². The van der Waals surface area contributed by atoms with E-state index in [9.17, 15) is 13.2 Å². The van der Waals surface area contributed by atoms with E-state index in [1.807, 2.05) is 0 Å². The second-order valence-electron chi connectivity index (χ2n) is 4.04. The van der Waals surface area contributed by atoms with Gasteiger partial charge in [0.2, 0.25) is 0 Å². The monoisotopic (exact) mass is 268 g/mol. The van der Waals surface area contributed by atoms with Crippen LogP contribution in [-0.2, 0) is 15.0 Å². The van der Waals surface area contributed by atoms with Crippen molar-refractivity contribution in [3.8, 4) is 0 Å². The van der Waals surface area contributed by atoms with Crippen LogP contribution in [0.1, 0.15) is 20.3 Å². The van der Waals surface area contributed by atoms with Gasteiger partial charge in [0.05, 0.1) is 6.42 Å². The van der Waals surface area contributed by atoms with Crippen molar-refractivity contribution in [2.75, 3.05) is 20.2 Å². The Morgan fingerprint density at radius 2 is 1.94 bits per heavy atom. The second-order valence-corrected chi connectivity index (χ2v) is 5.85. The van der Waals surface area contributed by atoms with Crippen LogP contribution in [0.2, 0.25) is 0 Å². The number of carboxylic acids is 1. The Kier molecular flexibility index (Phi) is 6.61. The third kappa shape index (κ3) is 5.97. The molecular formula is C9H20N2O5S. The largest absolute Gasteiger partial charge is 0.481 e. The van der Waals surface area contributed by atoms with Crippen LogP contribution < -0.4 is 4.72 Å². The molecule has 17 heavy (non-hydrogen) atoms. The zero-order chi connectivity index (χ0) is 13.6. The lowest BCUT2D eigenvalue weighted by atomic mass is 10.1. The molecule has 0 aliphatic heterocycles. The summed E-state index contributed by atoms with van der Waals surface area (Å²) in [7, 11) is -2.39. The van der Waals surface area contributed by atoms with Crippen molar-refractivity contribution in [2.45, 2.75) is 26.3 Å². The predicted octanol–water partition coefficient (Wildman–Crippen LogP) is -0.756. The number of rotatable bonds is 8. The fourth-order valence-corrected chi connectivity index (χ4v) is 2.19. The van der Waals surface area contributed by atoms with Crippen LogP contribution >= 0.6 is 0 Å².